The van der Waals surface area contributed by atoms with Crippen molar-refractivity contribution in [3.05, 3.63) is 41.7 Å². The Kier molecular flexibility index (Phi) is 3.77. The number of anilines is 1. The third-order valence-electron chi connectivity index (χ3n) is 3.47. The lowest BCUT2D eigenvalue weighted by Gasteiger charge is -2.06. The maximum atomic E-state index is 11.3. The molecule has 0 fully saturated rings. The topological polar surface area (TPSA) is 68.2 Å². The van der Waals surface area contributed by atoms with Crippen molar-refractivity contribution < 1.29 is 9.53 Å². The molecule has 2 aromatic rings. The Balaban J connectivity index is 1.59. The van der Waals surface area contributed by atoms with Gasteiger partial charge < -0.3 is 15.4 Å². The Morgan fingerprint density at radius 1 is 1.48 bits per heavy atom. The van der Waals surface area contributed by atoms with Crippen LogP contribution in [0.5, 0.6) is 5.75 Å². The number of rotatable bonds is 5. The molecule has 1 aromatic heterocycles. The van der Waals surface area contributed by atoms with Crippen LogP contribution < -0.4 is 15.4 Å². The van der Waals surface area contributed by atoms with E-state index >= 15 is 0 Å². The number of carbonyl (C=O) groups is 1. The summed E-state index contributed by atoms with van der Waals surface area (Å²) in [5, 5.41) is 10.0. The first-order valence-corrected chi connectivity index (χ1v) is 6.96. The summed E-state index contributed by atoms with van der Waals surface area (Å²) in [7, 11) is 1.61. The minimum Gasteiger partial charge on any atom is -0.493 e. The maximum Gasteiger partial charge on any atom is 0.241 e. The molecule has 0 radical (unpaired) electrons. The molecule has 0 saturated heterocycles. The number of fused-ring (bicyclic) bond motifs is 1. The van der Waals surface area contributed by atoms with Crippen LogP contribution in [0.25, 0.3) is 0 Å². The predicted octanol–water partition coefficient (Wildman–Crippen LogP) is 1.18. The number of hydrogen-bond acceptors (Lipinski definition) is 4. The van der Waals surface area contributed by atoms with Crippen LogP contribution in [0.15, 0.2) is 30.6 Å². The van der Waals surface area contributed by atoms with E-state index < -0.39 is 0 Å². The summed E-state index contributed by atoms with van der Waals surface area (Å²) in [6.07, 6.45) is 4.53. The average molecular weight is 286 g/mol. The molecule has 6 nitrogen and oxygen atoms in total. The van der Waals surface area contributed by atoms with Gasteiger partial charge in [0, 0.05) is 26.2 Å². The number of hydrogen-bond donors (Lipinski definition) is 2. The first kappa shape index (κ1) is 13.5. The molecule has 21 heavy (non-hydrogen) atoms. The number of aromatic nitrogens is 2. The second-order valence-electron chi connectivity index (χ2n) is 4.99. The van der Waals surface area contributed by atoms with Crippen molar-refractivity contribution in [2.45, 2.75) is 19.5 Å². The summed E-state index contributed by atoms with van der Waals surface area (Å²) in [5.41, 5.74) is 3.37. The van der Waals surface area contributed by atoms with E-state index in [-0.39, 0.29) is 12.5 Å². The normalized spacial score (nSPS) is 12.6. The lowest BCUT2D eigenvalue weighted by Crippen LogP contribution is -2.23. The van der Waals surface area contributed by atoms with Crippen LogP contribution in [0.4, 0.5) is 5.69 Å². The number of ether oxygens (including phenoxy) is 1. The smallest absolute Gasteiger partial charge is 0.241 e. The Hall–Kier alpha value is -2.50. The molecule has 1 aromatic carbocycles. The van der Waals surface area contributed by atoms with Crippen molar-refractivity contribution in [2.24, 2.45) is 0 Å². The van der Waals surface area contributed by atoms with Gasteiger partial charge >= 0.3 is 0 Å². The van der Waals surface area contributed by atoms with Crippen molar-refractivity contribution >= 4 is 11.6 Å². The molecule has 0 spiro atoms. The van der Waals surface area contributed by atoms with Crippen molar-refractivity contribution in [1.29, 1.82) is 0 Å². The van der Waals surface area contributed by atoms with Gasteiger partial charge in [0.05, 0.1) is 18.5 Å². The zero-order valence-electron chi connectivity index (χ0n) is 11.9. The van der Waals surface area contributed by atoms with Gasteiger partial charge in [0.2, 0.25) is 5.91 Å². The van der Waals surface area contributed by atoms with Crippen molar-refractivity contribution in [3.63, 3.8) is 0 Å². The number of benzene rings is 1. The molecule has 0 unspecified atom stereocenters. The highest BCUT2D eigenvalue weighted by atomic mass is 16.5. The quantitative estimate of drug-likeness (QED) is 0.866. The van der Waals surface area contributed by atoms with Gasteiger partial charge in [0.15, 0.2) is 0 Å². The Morgan fingerprint density at radius 2 is 2.38 bits per heavy atom. The third kappa shape index (κ3) is 3.16. The monoisotopic (exact) mass is 286 g/mol. The predicted molar refractivity (Wildman–Crippen MR) is 79.3 cm³/mol. The fraction of sp³-hybridized carbons (Fsp3) is 0.333. The molecule has 0 aliphatic carbocycles. The first-order chi connectivity index (χ1) is 10.2. The molecule has 0 atom stereocenters. The fourth-order valence-corrected chi connectivity index (χ4v) is 2.32. The van der Waals surface area contributed by atoms with E-state index in [2.05, 4.69) is 27.9 Å². The minimum atomic E-state index is -0.0664. The van der Waals surface area contributed by atoms with E-state index in [1.165, 1.54) is 11.1 Å². The molecule has 1 amide bonds. The van der Waals surface area contributed by atoms with E-state index in [1.807, 2.05) is 12.3 Å². The number of likely N-dealkylation sites (N-methyl/N-ethyl adjacent to an activating group) is 1. The second kappa shape index (κ2) is 5.87. The molecule has 110 valence electrons. The van der Waals surface area contributed by atoms with Crippen LogP contribution in [0.3, 0.4) is 0 Å². The molecule has 6 heteroatoms. The van der Waals surface area contributed by atoms with Crippen LogP contribution in [-0.2, 0) is 24.3 Å². The van der Waals surface area contributed by atoms with Crippen molar-refractivity contribution in [1.82, 2.24) is 15.1 Å². The highest BCUT2D eigenvalue weighted by molar-refractivity contribution is 5.75. The summed E-state index contributed by atoms with van der Waals surface area (Å²) in [6, 6.07) is 6.25. The maximum absolute atomic E-state index is 11.3. The van der Waals surface area contributed by atoms with Crippen LogP contribution in [0.2, 0.25) is 0 Å². The van der Waals surface area contributed by atoms with Crippen LogP contribution >= 0.6 is 0 Å². The number of nitrogens with zero attached hydrogens (tertiary/aromatic N) is 2. The summed E-state index contributed by atoms with van der Waals surface area (Å²) in [4.78, 5) is 11.3. The average Bonchev–Trinajstić information content (AvgIpc) is 3.13. The van der Waals surface area contributed by atoms with Gasteiger partial charge in [0.25, 0.3) is 0 Å². The van der Waals surface area contributed by atoms with Gasteiger partial charge in [-0.25, -0.2) is 0 Å². The lowest BCUT2D eigenvalue weighted by molar-refractivity contribution is -0.121. The van der Waals surface area contributed by atoms with E-state index in [9.17, 15) is 4.79 Å². The zero-order chi connectivity index (χ0) is 14.7. The van der Waals surface area contributed by atoms with Gasteiger partial charge in [-0.15, -0.1) is 0 Å². The Bertz CT molecular complexity index is 651. The SMILES string of the molecule is CNC(=O)Cn1cc(NCc2ccc3c(c2)CCO3)cn1. The number of carbonyl (C=O) groups excluding carboxylic acids is 1. The second-order valence-corrected chi connectivity index (χ2v) is 4.99. The fourth-order valence-electron chi connectivity index (χ4n) is 2.32. The Morgan fingerprint density at radius 3 is 3.24 bits per heavy atom. The van der Waals surface area contributed by atoms with Gasteiger partial charge in [-0.1, -0.05) is 12.1 Å². The highest BCUT2D eigenvalue weighted by Gasteiger charge is 2.11. The molecule has 2 heterocycles. The lowest BCUT2D eigenvalue weighted by atomic mass is 10.1. The zero-order valence-corrected chi connectivity index (χ0v) is 11.9. The molecule has 2 N–H and O–H groups in total. The first-order valence-electron chi connectivity index (χ1n) is 6.96. The van der Waals surface area contributed by atoms with Gasteiger partial charge in [-0.3, -0.25) is 9.48 Å². The van der Waals surface area contributed by atoms with E-state index in [0.29, 0.717) is 0 Å². The third-order valence-corrected chi connectivity index (χ3v) is 3.47. The summed E-state index contributed by atoms with van der Waals surface area (Å²) in [6.45, 7) is 1.73. The molecule has 3 rings (SSSR count). The van der Waals surface area contributed by atoms with E-state index in [0.717, 1.165) is 31.0 Å². The van der Waals surface area contributed by atoms with Gasteiger partial charge in [0.1, 0.15) is 12.3 Å². The highest BCUT2D eigenvalue weighted by Crippen LogP contribution is 2.26. The molecule has 1 aliphatic heterocycles. The van der Waals surface area contributed by atoms with E-state index in [4.69, 9.17) is 4.74 Å². The number of nitrogens with one attached hydrogen (secondary N) is 2. The van der Waals surface area contributed by atoms with Crippen molar-refractivity contribution in [2.75, 3.05) is 19.0 Å². The van der Waals surface area contributed by atoms with Crippen LogP contribution in [0.1, 0.15) is 11.1 Å². The molecule has 0 bridgehead atoms. The largest absolute Gasteiger partial charge is 0.493 e. The molecular weight excluding hydrogens is 268 g/mol. The van der Waals surface area contributed by atoms with Crippen LogP contribution in [-0.4, -0.2) is 29.3 Å². The summed E-state index contributed by atoms with van der Waals surface area (Å²) >= 11 is 0. The van der Waals surface area contributed by atoms with Gasteiger partial charge in [-0.05, 0) is 17.2 Å². The molecule has 1 aliphatic rings. The van der Waals surface area contributed by atoms with Crippen LogP contribution in [0, 0.1) is 0 Å². The Labute approximate surface area is 123 Å². The minimum absolute atomic E-state index is 0.0664. The summed E-state index contributed by atoms with van der Waals surface area (Å²) in [5.74, 6) is 0.931. The van der Waals surface area contributed by atoms with Gasteiger partial charge in [-0.2, -0.15) is 5.10 Å². The number of amides is 1. The standard InChI is InChI=1S/C15H18N4O2/c1-16-15(20)10-19-9-13(8-18-19)17-7-11-2-3-14-12(6-11)4-5-21-14/h2-3,6,8-9,17H,4-5,7,10H2,1H3,(H,16,20). The van der Waals surface area contributed by atoms with Crippen molar-refractivity contribution in [3.8, 4) is 5.75 Å². The molecular formula is C15H18N4O2. The summed E-state index contributed by atoms with van der Waals surface area (Å²) < 4.78 is 7.10. The molecule has 0 saturated carbocycles. The van der Waals surface area contributed by atoms with E-state index in [1.54, 1.807) is 17.9 Å².